The monoisotopic (exact) mass is 249 g/mol. The van der Waals surface area contributed by atoms with Crippen LogP contribution in [-0.4, -0.2) is 23.6 Å². The molecule has 0 spiro atoms. The molecule has 1 fully saturated rings. The molecule has 1 N–H and O–H groups in total. The van der Waals surface area contributed by atoms with Crippen molar-refractivity contribution < 1.29 is 0 Å². The van der Waals surface area contributed by atoms with Crippen LogP contribution in [0.25, 0.3) is 0 Å². The van der Waals surface area contributed by atoms with Gasteiger partial charge in [0.2, 0.25) is 0 Å². The van der Waals surface area contributed by atoms with Crippen LogP contribution in [0, 0.1) is 0 Å². The molecule has 0 aliphatic carbocycles. The van der Waals surface area contributed by atoms with Crippen molar-refractivity contribution in [2.45, 2.75) is 44.4 Å². The van der Waals surface area contributed by atoms with Gasteiger partial charge in [0.15, 0.2) is 0 Å². The fourth-order valence-corrected chi connectivity index (χ4v) is 3.51. The normalized spacial score (nSPS) is 25.2. The molecule has 1 aliphatic rings. The maximum atomic E-state index is 3.56. The highest BCUT2D eigenvalue weighted by atomic mass is 32.2. The highest BCUT2D eigenvalue weighted by Crippen LogP contribution is 2.23. The number of hydrogen-bond donors (Lipinski definition) is 1. The zero-order chi connectivity index (χ0) is 12.3. The Balaban J connectivity index is 1.98. The number of benzene rings is 1. The van der Waals surface area contributed by atoms with Gasteiger partial charge in [-0.3, -0.25) is 0 Å². The fraction of sp³-hybridized carbons (Fsp3) is 0.600. The van der Waals surface area contributed by atoms with E-state index in [1.54, 1.807) is 0 Å². The SMILES string of the molecule is CC(C)c1ccc(CC2SCCNC2C)cc1. The second-order valence-electron chi connectivity index (χ2n) is 5.25. The first-order valence-corrected chi connectivity index (χ1v) is 7.65. The molecular weight excluding hydrogens is 226 g/mol. The summed E-state index contributed by atoms with van der Waals surface area (Å²) in [7, 11) is 0. The van der Waals surface area contributed by atoms with Crippen molar-refractivity contribution in [3.05, 3.63) is 35.4 Å². The Hall–Kier alpha value is -0.470. The van der Waals surface area contributed by atoms with E-state index < -0.39 is 0 Å². The summed E-state index contributed by atoms with van der Waals surface area (Å²) in [5.74, 6) is 1.88. The fourth-order valence-electron chi connectivity index (χ4n) is 2.28. The van der Waals surface area contributed by atoms with Gasteiger partial charge in [0.1, 0.15) is 0 Å². The molecule has 1 aromatic rings. The van der Waals surface area contributed by atoms with E-state index in [1.807, 2.05) is 0 Å². The quantitative estimate of drug-likeness (QED) is 0.880. The third-order valence-electron chi connectivity index (χ3n) is 3.54. The largest absolute Gasteiger partial charge is 0.312 e. The second kappa shape index (κ2) is 5.92. The minimum absolute atomic E-state index is 0.633. The van der Waals surface area contributed by atoms with Gasteiger partial charge in [-0.15, -0.1) is 0 Å². The molecule has 0 radical (unpaired) electrons. The van der Waals surface area contributed by atoms with Crippen LogP contribution < -0.4 is 5.32 Å². The van der Waals surface area contributed by atoms with E-state index in [0.717, 1.165) is 11.8 Å². The zero-order valence-electron chi connectivity index (χ0n) is 11.1. The minimum atomic E-state index is 0.633. The van der Waals surface area contributed by atoms with E-state index in [2.05, 4.69) is 62.1 Å². The van der Waals surface area contributed by atoms with Crippen LogP contribution in [0.4, 0.5) is 0 Å². The van der Waals surface area contributed by atoms with E-state index in [1.165, 1.54) is 23.3 Å². The maximum absolute atomic E-state index is 3.56. The predicted molar refractivity (Wildman–Crippen MR) is 77.9 cm³/mol. The summed E-state index contributed by atoms with van der Waals surface area (Å²) in [4.78, 5) is 0. The van der Waals surface area contributed by atoms with Crippen LogP contribution in [0.5, 0.6) is 0 Å². The Morgan fingerprint density at radius 3 is 2.59 bits per heavy atom. The molecule has 2 atom stereocenters. The third-order valence-corrected chi connectivity index (χ3v) is 4.98. The molecule has 2 heteroatoms. The molecule has 0 amide bonds. The molecule has 1 aromatic carbocycles. The van der Waals surface area contributed by atoms with Crippen LogP contribution in [0.15, 0.2) is 24.3 Å². The van der Waals surface area contributed by atoms with Crippen molar-refractivity contribution in [3.8, 4) is 0 Å². The molecule has 1 heterocycles. The molecule has 0 bridgehead atoms. The predicted octanol–water partition coefficient (Wildman–Crippen LogP) is 3.45. The minimum Gasteiger partial charge on any atom is -0.312 e. The van der Waals surface area contributed by atoms with Gasteiger partial charge in [0.05, 0.1) is 0 Å². The average molecular weight is 249 g/mol. The topological polar surface area (TPSA) is 12.0 Å². The van der Waals surface area contributed by atoms with Gasteiger partial charge in [0.25, 0.3) is 0 Å². The number of nitrogens with one attached hydrogen (secondary N) is 1. The van der Waals surface area contributed by atoms with E-state index in [4.69, 9.17) is 0 Å². The average Bonchev–Trinajstić information content (AvgIpc) is 2.33. The molecule has 0 saturated carbocycles. The first-order valence-electron chi connectivity index (χ1n) is 6.60. The standard InChI is InChI=1S/C15H23NS/c1-11(2)14-6-4-13(5-7-14)10-15-12(3)16-8-9-17-15/h4-7,11-12,15-16H,8-10H2,1-3H3. The lowest BCUT2D eigenvalue weighted by Gasteiger charge is -2.29. The van der Waals surface area contributed by atoms with Gasteiger partial charge in [0, 0.05) is 23.6 Å². The molecule has 2 unspecified atom stereocenters. The van der Waals surface area contributed by atoms with Crippen molar-refractivity contribution in [3.63, 3.8) is 0 Å². The van der Waals surface area contributed by atoms with Crippen molar-refractivity contribution in [1.82, 2.24) is 5.32 Å². The van der Waals surface area contributed by atoms with Crippen LogP contribution in [0.3, 0.4) is 0 Å². The third kappa shape index (κ3) is 3.49. The Morgan fingerprint density at radius 1 is 1.29 bits per heavy atom. The Bertz CT molecular complexity index is 344. The zero-order valence-corrected chi connectivity index (χ0v) is 11.9. The molecule has 1 nitrogen and oxygen atoms in total. The lowest BCUT2D eigenvalue weighted by Crippen LogP contribution is -2.42. The van der Waals surface area contributed by atoms with Crippen LogP contribution in [-0.2, 0) is 6.42 Å². The van der Waals surface area contributed by atoms with Gasteiger partial charge in [-0.2, -0.15) is 11.8 Å². The second-order valence-corrected chi connectivity index (χ2v) is 6.60. The van der Waals surface area contributed by atoms with Crippen LogP contribution in [0.1, 0.15) is 37.8 Å². The Labute approximate surface area is 109 Å². The summed E-state index contributed by atoms with van der Waals surface area (Å²) in [5.41, 5.74) is 2.92. The summed E-state index contributed by atoms with van der Waals surface area (Å²) in [6.45, 7) is 7.96. The summed E-state index contributed by atoms with van der Waals surface area (Å²) in [6, 6.07) is 9.81. The van der Waals surface area contributed by atoms with Gasteiger partial charge in [-0.25, -0.2) is 0 Å². The van der Waals surface area contributed by atoms with Gasteiger partial charge >= 0.3 is 0 Å². The smallest absolute Gasteiger partial charge is 0.0239 e. The van der Waals surface area contributed by atoms with Gasteiger partial charge in [-0.1, -0.05) is 38.1 Å². The van der Waals surface area contributed by atoms with Crippen molar-refractivity contribution >= 4 is 11.8 Å². The maximum Gasteiger partial charge on any atom is 0.0239 e. The summed E-state index contributed by atoms with van der Waals surface area (Å²) < 4.78 is 0. The number of rotatable bonds is 3. The van der Waals surface area contributed by atoms with Crippen LogP contribution >= 0.6 is 11.8 Å². The molecule has 94 valence electrons. The summed E-state index contributed by atoms with van der Waals surface area (Å²) in [5, 5.41) is 4.29. The van der Waals surface area contributed by atoms with E-state index in [0.29, 0.717) is 12.0 Å². The molecule has 1 saturated heterocycles. The van der Waals surface area contributed by atoms with Crippen LogP contribution in [0.2, 0.25) is 0 Å². The summed E-state index contributed by atoms with van der Waals surface area (Å²) in [6.07, 6.45) is 1.19. The van der Waals surface area contributed by atoms with Crippen molar-refractivity contribution in [2.75, 3.05) is 12.3 Å². The first-order chi connectivity index (χ1) is 8.16. The number of hydrogen-bond acceptors (Lipinski definition) is 2. The number of thioether (sulfide) groups is 1. The molecule has 0 aromatic heterocycles. The molecule has 17 heavy (non-hydrogen) atoms. The van der Waals surface area contributed by atoms with Crippen molar-refractivity contribution in [1.29, 1.82) is 0 Å². The highest BCUT2D eigenvalue weighted by molar-refractivity contribution is 8.00. The highest BCUT2D eigenvalue weighted by Gasteiger charge is 2.21. The van der Waals surface area contributed by atoms with Crippen molar-refractivity contribution in [2.24, 2.45) is 0 Å². The Morgan fingerprint density at radius 2 is 2.00 bits per heavy atom. The summed E-state index contributed by atoms with van der Waals surface area (Å²) >= 11 is 2.11. The lowest BCUT2D eigenvalue weighted by atomic mass is 9.99. The Kier molecular flexibility index (Phi) is 4.52. The van der Waals surface area contributed by atoms with Gasteiger partial charge in [-0.05, 0) is 30.4 Å². The molecule has 1 aliphatic heterocycles. The van der Waals surface area contributed by atoms with Gasteiger partial charge < -0.3 is 5.32 Å². The van der Waals surface area contributed by atoms with E-state index in [9.17, 15) is 0 Å². The van der Waals surface area contributed by atoms with E-state index in [-0.39, 0.29) is 0 Å². The molecule has 2 rings (SSSR count). The molecular formula is C15H23NS. The lowest BCUT2D eigenvalue weighted by molar-refractivity contribution is 0.529. The van der Waals surface area contributed by atoms with E-state index >= 15 is 0 Å². The first kappa shape index (κ1) is 13.0.